The van der Waals surface area contributed by atoms with Gasteiger partial charge in [0.2, 0.25) is 21.8 Å². The topological polar surface area (TPSA) is 178 Å². The third-order valence-corrected chi connectivity index (χ3v) is 15.3. The standard InChI is InChI=1S/C44H56F3N3O10S/c1-39(2,3)25-59-33(52)18-26-12-10-8-7-9-11-13-27-20-43(27,38(54)49-61(56,57)40(4)16-17-40)22-32(51)31-21-42(24-50(31)37(26)53)23-41(5,55)34-29-19-28(58-6)14-15-30(29)48-36(35(34)60-42)44(45,46)47/h11,13-15,19,26-27,31,55H,7-10,12,16-18,20-25H2,1-6H3,(H,49,54)/b13-11-/t26-,27-,31+,41-,42+,43-/m1/s1. The van der Waals surface area contributed by atoms with Gasteiger partial charge in [0.15, 0.2) is 17.2 Å². The molecule has 2 aliphatic carbocycles. The maximum atomic E-state index is 14.9. The SMILES string of the molecule is COc1ccc2nc(C(F)(F)F)c3c(c2c1)[C@](C)(O)C[C@]1(C[C@H]2C(=O)C[C@]4(C(=O)NS(=O)(=O)C5(C)CC5)C[C@H]4/C=C\CCCCC[C@H](CC(=O)OCC(C)(C)C)C(=O)N2C1)O3. The van der Waals surface area contributed by atoms with Crippen molar-refractivity contribution >= 4 is 44.5 Å². The number of esters is 1. The van der Waals surface area contributed by atoms with Gasteiger partial charge in [-0.25, -0.2) is 13.4 Å². The maximum absolute atomic E-state index is 14.9. The van der Waals surface area contributed by atoms with Crippen molar-refractivity contribution in [2.75, 3.05) is 20.3 Å². The van der Waals surface area contributed by atoms with Gasteiger partial charge < -0.3 is 24.2 Å². The predicted molar refractivity (Wildman–Crippen MR) is 217 cm³/mol. The van der Waals surface area contributed by atoms with Gasteiger partial charge in [-0.1, -0.05) is 45.8 Å². The summed E-state index contributed by atoms with van der Waals surface area (Å²) in [5, 5.41) is 12.4. The lowest BCUT2D eigenvalue weighted by Crippen LogP contribution is -2.50. The number of methoxy groups -OCH3 is 1. The number of hydrogen-bond acceptors (Lipinski definition) is 11. The summed E-state index contributed by atoms with van der Waals surface area (Å²) in [6.45, 7) is 8.21. The van der Waals surface area contributed by atoms with E-state index in [0.717, 1.165) is 6.42 Å². The average molecular weight is 876 g/mol. The van der Waals surface area contributed by atoms with E-state index in [4.69, 9.17) is 14.2 Å². The molecule has 3 fully saturated rings. The molecule has 1 saturated heterocycles. The van der Waals surface area contributed by atoms with Crippen LogP contribution in [0.4, 0.5) is 13.2 Å². The average Bonchev–Trinajstić information content (AvgIpc) is 4.05. The quantitative estimate of drug-likeness (QED) is 0.224. The van der Waals surface area contributed by atoms with E-state index in [1.165, 1.54) is 37.1 Å². The highest BCUT2D eigenvalue weighted by Crippen LogP contribution is 2.59. The molecule has 3 aliphatic heterocycles. The van der Waals surface area contributed by atoms with Crippen molar-refractivity contribution in [1.29, 1.82) is 0 Å². The molecule has 2 aromatic rings. The number of nitrogens with zero attached hydrogens (tertiary/aromatic N) is 2. The number of aromatic nitrogens is 1. The fourth-order valence-electron chi connectivity index (χ4n) is 9.36. The van der Waals surface area contributed by atoms with Crippen molar-refractivity contribution < 1.29 is 60.1 Å². The summed E-state index contributed by atoms with van der Waals surface area (Å²) in [4.78, 5) is 62.3. The summed E-state index contributed by atoms with van der Waals surface area (Å²) in [7, 11) is -2.70. The first-order valence-electron chi connectivity index (χ1n) is 21.1. The van der Waals surface area contributed by atoms with Gasteiger partial charge in [0.25, 0.3) is 0 Å². The van der Waals surface area contributed by atoms with E-state index in [1.54, 1.807) is 6.92 Å². The summed E-state index contributed by atoms with van der Waals surface area (Å²) in [5.74, 6) is -4.59. The fourth-order valence-corrected chi connectivity index (χ4v) is 10.7. The van der Waals surface area contributed by atoms with E-state index in [2.05, 4.69) is 9.71 Å². The van der Waals surface area contributed by atoms with Crippen LogP contribution in [0.2, 0.25) is 0 Å². The van der Waals surface area contributed by atoms with Gasteiger partial charge in [-0.05, 0) is 81.9 Å². The van der Waals surface area contributed by atoms with Crippen LogP contribution in [-0.2, 0) is 45.7 Å². The molecule has 5 aliphatic rings. The molecule has 17 heteroatoms. The number of aliphatic hydroxyl groups is 1. The zero-order valence-electron chi connectivity index (χ0n) is 35.6. The van der Waals surface area contributed by atoms with Crippen LogP contribution in [0.5, 0.6) is 11.5 Å². The number of ketones is 1. The molecular formula is C44H56F3N3O10S. The molecule has 0 bridgehead atoms. The van der Waals surface area contributed by atoms with E-state index in [9.17, 15) is 45.9 Å². The van der Waals surface area contributed by atoms with E-state index in [-0.39, 0.29) is 60.6 Å². The van der Waals surface area contributed by atoms with Gasteiger partial charge in [0, 0.05) is 36.1 Å². The van der Waals surface area contributed by atoms with E-state index in [1.807, 2.05) is 32.9 Å². The molecule has 61 heavy (non-hydrogen) atoms. The molecular weight excluding hydrogens is 820 g/mol. The smallest absolute Gasteiger partial charge is 0.437 e. The normalized spacial score (nSPS) is 30.9. The lowest BCUT2D eigenvalue weighted by molar-refractivity contribution is -0.152. The molecule has 6 atom stereocenters. The summed E-state index contributed by atoms with van der Waals surface area (Å²) in [6, 6.07) is 2.88. The number of allylic oxidation sites excluding steroid dienone is 2. The first kappa shape index (κ1) is 44.8. The molecule has 7 rings (SSSR count). The van der Waals surface area contributed by atoms with Crippen molar-refractivity contribution in [2.24, 2.45) is 22.7 Å². The molecule has 2 saturated carbocycles. The number of carbonyl (C=O) groups is 4. The first-order chi connectivity index (χ1) is 28.3. The Hall–Kier alpha value is -4.25. The largest absolute Gasteiger partial charge is 0.497 e. The van der Waals surface area contributed by atoms with Crippen LogP contribution < -0.4 is 14.2 Å². The van der Waals surface area contributed by atoms with Crippen molar-refractivity contribution in [1.82, 2.24) is 14.6 Å². The van der Waals surface area contributed by atoms with Crippen molar-refractivity contribution in [3.8, 4) is 11.5 Å². The Morgan fingerprint density at radius 2 is 1.80 bits per heavy atom. The monoisotopic (exact) mass is 875 g/mol. The fraction of sp³-hybridized carbons (Fsp3) is 0.659. The number of carbonyl (C=O) groups excluding carboxylic acids is 4. The highest BCUT2D eigenvalue weighted by Gasteiger charge is 2.64. The van der Waals surface area contributed by atoms with Crippen LogP contribution >= 0.6 is 0 Å². The minimum Gasteiger partial charge on any atom is -0.497 e. The number of amides is 2. The lowest BCUT2D eigenvalue weighted by Gasteiger charge is -2.44. The van der Waals surface area contributed by atoms with Crippen LogP contribution in [-0.4, -0.2) is 83.6 Å². The summed E-state index contributed by atoms with van der Waals surface area (Å²) in [6.07, 6.45) is 0.916. The predicted octanol–water partition coefficient (Wildman–Crippen LogP) is 6.67. The molecule has 4 heterocycles. The molecule has 0 radical (unpaired) electrons. The van der Waals surface area contributed by atoms with Gasteiger partial charge in [-0.2, -0.15) is 13.2 Å². The minimum absolute atomic E-state index is 0.0633. The van der Waals surface area contributed by atoms with Crippen LogP contribution in [0.15, 0.2) is 30.4 Å². The third-order valence-electron chi connectivity index (χ3n) is 13.1. The molecule has 0 unspecified atom stereocenters. The number of ether oxygens (including phenoxy) is 3. The van der Waals surface area contributed by atoms with E-state index >= 15 is 0 Å². The number of hydrogen-bond donors (Lipinski definition) is 2. The number of alkyl halides is 3. The summed E-state index contributed by atoms with van der Waals surface area (Å²) >= 11 is 0. The Bertz CT molecular complexity index is 2270. The molecule has 1 spiro atoms. The lowest BCUT2D eigenvalue weighted by atomic mass is 9.77. The first-order valence-corrected chi connectivity index (χ1v) is 22.5. The van der Waals surface area contributed by atoms with Crippen molar-refractivity contribution in [3.63, 3.8) is 0 Å². The van der Waals surface area contributed by atoms with Gasteiger partial charge >= 0.3 is 12.1 Å². The van der Waals surface area contributed by atoms with Gasteiger partial charge in [0.1, 0.15) is 11.4 Å². The molecule has 1 aromatic carbocycles. The molecule has 2 N–H and O–H groups in total. The number of nitrogens with one attached hydrogen (secondary N) is 1. The van der Waals surface area contributed by atoms with Crippen LogP contribution in [0.25, 0.3) is 10.9 Å². The number of fused-ring (bicyclic) bond motifs is 5. The van der Waals surface area contributed by atoms with Crippen molar-refractivity contribution in [3.05, 3.63) is 41.6 Å². The van der Waals surface area contributed by atoms with Crippen LogP contribution in [0.3, 0.4) is 0 Å². The number of Topliss-reactive ketones (excluding diaryl/α,β-unsaturated/α-hetero) is 1. The molecule has 13 nitrogen and oxygen atoms in total. The van der Waals surface area contributed by atoms with Crippen LogP contribution in [0, 0.1) is 22.7 Å². The van der Waals surface area contributed by atoms with Crippen molar-refractivity contribution in [2.45, 2.75) is 140 Å². The maximum Gasteiger partial charge on any atom is 0.437 e. The van der Waals surface area contributed by atoms with Crippen LogP contribution in [0.1, 0.15) is 123 Å². The van der Waals surface area contributed by atoms with Gasteiger partial charge in [0.05, 0.1) is 54.0 Å². The van der Waals surface area contributed by atoms with Gasteiger partial charge in [-0.3, -0.25) is 23.9 Å². The number of sulfonamides is 1. The Morgan fingerprint density at radius 3 is 2.46 bits per heavy atom. The molecule has 334 valence electrons. The molecule has 1 aromatic heterocycles. The minimum atomic E-state index is -5.05. The Labute approximate surface area is 354 Å². The zero-order valence-corrected chi connectivity index (χ0v) is 36.4. The summed E-state index contributed by atoms with van der Waals surface area (Å²) in [5.41, 5.74) is -7.26. The second-order valence-electron chi connectivity index (χ2n) is 19.7. The second-order valence-corrected chi connectivity index (χ2v) is 21.8. The summed E-state index contributed by atoms with van der Waals surface area (Å²) < 4.78 is 89.8. The number of halogens is 3. The Kier molecular flexibility index (Phi) is 11.4. The number of rotatable bonds is 7. The Balaban J connectivity index is 1.30. The third kappa shape index (κ3) is 8.87. The van der Waals surface area contributed by atoms with E-state index < -0.39 is 103 Å². The highest BCUT2D eigenvalue weighted by atomic mass is 32.2. The molecule has 2 amide bonds. The van der Waals surface area contributed by atoms with Gasteiger partial charge in [-0.15, -0.1) is 0 Å². The second kappa shape index (κ2) is 15.5. The Morgan fingerprint density at radius 1 is 1.08 bits per heavy atom. The van der Waals surface area contributed by atoms with E-state index in [0.29, 0.717) is 37.9 Å². The number of benzene rings is 1. The zero-order chi connectivity index (χ0) is 44.6. The highest BCUT2D eigenvalue weighted by molar-refractivity contribution is 7.91. The number of pyridine rings is 1.